The number of hydrogen-bond acceptors (Lipinski definition) is 3. The molecule has 18 heavy (non-hydrogen) atoms. The van der Waals surface area contributed by atoms with E-state index in [1.54, 1.807) is 10.9 Å². The summed E-state index contributed by atoms with van der Waals surface area (Å²) in [4.78, 5) is 11.9. The predicted molar refractivity (Wildman–Crippen MR) is 70.0 cm³/mol. The predicted octanol–water partition coefficient (Wildman–Crippen LogP) is 1.24. The van der Waals surface area contributed by atoms with Crippen molar-refractivity contribution >= 4 is 11.6 Å². The molecule has 2 aromatic rings. The number of aryl methyl sites for hydroxylation is 1. The largest absolute Gasteiger partial charge is 0.399 e. The summed E-state index contributed by atoms with van der Waals surface area (Å²) < 4.78 is 1.68. The molecule has 0 saturated carbocycles. The van der Waals surface area contributed by atoms with E-state index >= 15 is 0 Å². The van der Waals surface area contributed by atoms with E-state index in [1.165, 1.54) is 0 Å². The molecule has 0 aliphatic carbocycles. The van der Waals surface area contributed by atoms with Crippen molar-refractivity contribution < 1.29 is 4.79 Å². The molecule has 0 radical (unpaired) electrons. The lowest BCUT2D eigenvalue weighted by Gasteiger charge is -2.05. The van der Waals surface area contributed by atoms with Crippen LogP contribution in [0, 0.1) is 6.92 Å². The van der Waals surface area contributed by atoms with Crippen LogP contribution in [0.5, 0.6) is 0 Å². The average molecular weight is 244 g/mol. The molecule has 2 rings (SSSR count). The highest BCUT2D eigenvalue weighted by Gasteiger charge is 2.11. The minimum Gasteiger partial charge on any atom is -0.399 e. The lowest BCUT2D eigenvalue weighted by molar-refractivity contribution is 0.0950. The maximum absolute atomic E-state index is 11.9. The van der Waals surface area contributed by atoms with Gasteiger partial charge in [0.2, 0.25) is 0 Å². The maximum atomic E-state index is 11.9. The maximum Gasteiger partial charge on any atom is 0.255 e. The lowest BCUT2D eigenvalue weighted by atomic mass is 10.2. The zero-order chi connectivity index (χ0) is 13.1. The Morgan fingerprint density at radius 1 is 1.50 bits per heavy atom. The molecular weight excluding hydrogens is 228 g/mol. The molecule has 0 fully saturated rings. The third kappa shape index (κ3) is 2.51. The summed E-state index contributed by atoms with van der Waals surface area (Å²) in [5.41, 5.74) is 8.79. The summed E-state index contributed by atoms with van der Waals surface area (Å²) in [6.07, 6.45) is 1.57. The van der Waals surface area contributed by atoms with Crippen LogP contribution in [-0.4, -0.2) is 15.7 Å². The second kappa shape index (κ2) is 4.91. The second-order valence-corrected chi connectivity index (χ2v) is 4.19. The number of benzene rings is 1. The van der Waals surface area contributed by atoms with E-state index in [1.807, 2.05) is 38.2 Å². The van der Waals surface area contributed by atoms with Crippen LogP contribution in [0.25, 0.3) is 0 Å². The van der Waals surface area contributed by atoms with E-state index in [9.17, 15) is 4.79 Å². The van der Waals surface area contributed by atoms with Gasteiger partial charge in [-0.3, -0.25) is 9.48 Å². The molecule has 1 heterocycles. The SMILES string of the molecule is Cc1c(C(=O)NCc2cccc(N)c2)cnn1C. The molecule has 5 heteroatoms. The van der Waals surface area contributed by atoms with Gasteiger partial charge in [-0.15, -0.1) is 0 Å². The Morgan fingerprint density at radius 3 is 2.89 bits per heavy atom. The zero-order valence-corrected chi connectivity index (χ0v) is 10.5. The van der Waals surface area contributed by atoms with E-state index in [-0.39, 0.29) is 5.91 Å². The standard InChI is InChI=1S/C13H16N4O/c1-9-12(8-16-17(9)2)13(18)15-7-10-4-3-5-11(14)6-10/h3-6,8H,7,14H2,1-2H3,(H,15,18). The third-order valence-corrected chi connectivity index (χ3v) is 2.88. The van der Waals surface area contributed by atoms with Crippen LogP contribution < -0.4 is 11.1 Å². The molecule has 5 nitrogen and oxygen atoms in total. The number of amides is 1. The summed E-state index contributed by atoms with van der Waals surface area (Å²) in [5.74, 6) is -0.122. The van der Waals surface area contributed by atoms with E-state index in [4.69, 9.17) is 5.73 Å². The fourth-order valence-corrected chi connectivity index (χ4v) is 1.70. The number of carbonyl (C=O) groups excluding carboxylic acids is 1. The molecule has 0 atom stereocenters. The molecule has 1 aromatic carbocycles. The van der Waals surface area contributed by atoms with E-state index in [2.05, 4.69) is 10.4 Å². The first-order chi connectivity index (χ1) is 8.58. The number of nitrogens with zero attached hydrogens (tertiary/aromatic N) is 2. The summed E-state index contributed by atoms with van der Waals surface area (Å²) in [5, 5.41) is 6.89. The Balaban J connectivity index is 2.03. The van der Waals surface area contributed by atoms with Gasteiger partial charge in [0.25, 0.3) is 5.91 Å². The van der Waals surface area contributed by atoms with Crippen LogP contribution in [0.2, 0.25) is 0 Å². The van der Waals surface area contributed by atoms with Crippen molar-refractivity contribution in [2.24, 2.45) is 7.05 Å². The molecule has 0 spiro atoms. The molecule has 0 aliphatic heterocycles. The number of nitrogens with one attached hydrogen (secondary N) is 1. The van der Waals surface area contributed by atoms with E-state index in [0.29, 0.717) is 17.8 Å². The Kier molecular flexibility index (Phi) is 3.32. The number of aromatic nitrogens is 2. The number of rotatable bonds is 3. The van der Waals surface area contributed by atoms with Crippen molar-refractivity contribution in [1.29, 1.82) is 0 Å². The van der Waals surface area contributed by atoms with Crippen molar-refractivity contribution in [3.05, 3.63) is 47.3 Å². The highest BCUT2D eigenvalue weighted by atomic mass is 16.1. The van der Waals surface area contributed by atoms with Crippen molar-refractivity contribution in [2.45, 2.75) is 13.5 Å². The lowest BCUT2D eigenvalue weighted by Crippen LogP contribution is -2.23. The van der Waals surface area contributed by atoms with Crippen LogP contribution in [0.1, 0.15) is 21.6 Å². The number of nitrogen functional groups attached to an aromatic ring is 1. The minimum absolute atomic E-state index is 0.122. The van der Waals surface area contributed by atoms with Gasteiger partial charge in [-0.1, -0.05) is 12.1 Å². The van der Waals surface area contributed by atoms with Gasteiger partial charge in [-0.05, 0) is 24.6 Å². The fraction of sp³-hybridized carbons (Fsp3) is 0.231. The molecule has 0 saturated heterocycles. The van der Waals surface area contributed by atoms with Gasteiger partial charge in [0.1, 0.15) is 0 Å². The third-order valence-electron chi connectivity index (χ3n) is 2.88. The summed E-state index contributed by atoms with van der Waals surface area (Å²) >= 11 is 0. The highest BCUT2D eigenvalue weighted by Crippen LogP contribution is 2.08. The minimum atomic E-state index is -0.122. The number of carbonyl (C=O) groups is 1. The summed E-state index contributed by atoms with van der Waals surface area (Å²) in [6.45, 7) is 2.32. The molecule has 0 unspecified atom stereocenters. The Labute approximate surface area is 106 Å². The second-order valence-electron chi connectivity index (χ2n) is 4.19. The van der Waals surface area contributed by atoms with Crippen molar-refractivity contribution in [1.82, 2.24) is 15.1 Å². The number of anilines is 1. The first-order valence-electron chi connectivity index (χ1n) is 5.69. The number of nitrogens with two attached hydrogens (primary N) is 1. The molecule has 0 aliphatic rings. The summed E-state index contributed by atoms with van der Waals surface area (Å²) in [6, 6.07) is 7.45. The van der Waals surface area contributed by atoms with Gasteiger partial charge in [0.15, 0.2) is 0 Å². The van der Waals surface area contributed by atoms with Crippen LogP contribution >= 0.6 is 0 Å². The topological polar surface area (TPSA) is 72.9 Å². The first kappa shape index (κ1) is 12.2. The molecule has 0 bridgehead atoms. The van der Waals surface area contributed by atoms with Crippen LogP contribution in [0.3, 0.4) is 0 Å². The zero-order valence-electron chi connectivity index (χ0n) is 10.5. The normalized spacial score (nSPS) is 10.3. The molecular formula is C13H16N4O. The molecule has 94 valence electrons. The van der Waals surface area contributed by atoms with Crippen molar-refractivity contribution in [3.8, 4) is 0 Å². The first-order valence-corrected chi connectivity index (χ1v) is 5.69. The fourth-order valence-electron chi connectivity index (χ4n) is 1.70. The Bertz CT molecular complexity index is 574. The van der Waals surface area contributed by atoms with Crippen molar-refractivity contribution in [2.75, 3.05) is 5.73 Å². The Morgan fingerprint density at radius 2 is 2.28 bits per heavy atom. The van der Waals surface area contributed by atoms with Gasteiger partial charge in [-0.2, -0.15) is 5.10 Å². The quantitative estimate of drug-likeness (QED) is 0.798. The average Bonchev–Trinajstić information content (AvgIpc) is 2.67. The number of hydrogen-bond donors (Lipinski definition) is 2. The van der Waals surface area contributed by atoms with E-state index in [0.717, 1.165) is 11.3 Å². The van der Waals surface area contributed by atoms with Crippen LogP contribution in [-0.2, 0) is 13.6 Å². The van der Waals surface area contributed by atoms with E-state index < -0.39 is 0 Å². The summed E-state index contributed by atoms with van der Waals surface area (Å²) in [7, 11) is 1.81. The van der Waals surface area contributed by atoms with Gasteiger partial charge in [-0.25, -0.2) is 0 Å². The van der Waals surface area contributed by atoms with Crippen LogP contribution in [0.4, 0.5) is 5.69 Å². The monoisotopic (exact) mass is 244 g/mol. The van der Waals surface area contributed by atoms with Gasteiger partial charge < -0.3 is 11.1 Å². The van der Waals surface area contributed by atoms with Gasteiger partial charge in [0.05, 0.1) is 11.8 Å². The molecule has 1 aromatic heterocycles. The van der Waals surface area contributed by atoms with Crippen LogP contribution in [0.15, 0.2) is 30.5 Å². The Hall–Kier alpha value is -2.30. The molecule has 1 amide bonds. The smallest absolute Gasteiger partial charge is 0.255 e. The molecule has 3 N–H and O–H groups in total. The van der Waals surface area contributed by atoms with Gasteiger partial charge >= 0.3 is 0 Å². The van der Waals surface area contributed by atoms with Gasteiger partial charge in [0, 0.05) is 25.0 Å². The van der Waals surface area contributed by atoms with Crippen molar-refractivity contribution in [3.63, 3.8) is 0 Å². The highest BCUT2D eigenvalue weighted by molar-refractivity contribution is 5.94.